The van der Waals surface area contributed by atoms with Crippen LogP contribution in [0.2, 0.25) is 0 Å². The molecule has 0 aliphatic carbocycles. The van der Waals surface area contributed by atoms with E-state index in [1.807, 2.05) is 79.4 Å². The fraction of sp³-hybridized carbons (Fsp3) is 0.568. The van der Waals surface area contributed by atoms with Crippen molar-refractivity contribution in [1.29, 1.82) is 0 Å². The molecule has 47 heavy (non-hydrogen) atoms. The molecule has 2 aromatic rings. The molecule has 4 rings (SSSR count). The summed E-state index contributed by atoms with van der Waals surface area (Å²) in [4.78, 5) is 56.8. The van der Waals surface area contributed by atoms with Crippen molar-refractivity contribution >= 4 is 23.5 Å². The van der Waals surface area contributed by atoms with Gasteiger partial charge in [-0.05, 0) is 75.0 Å². The lowest BCUT2D eigenvalue weighted by Crippen LogP contribution is -2.58. The Morgan fingerprint density at radius 1 is 0.830 bits per heavy atom. The van der Waals surface area contributed by atoms with Gasteiger partial charge in [0, 0.05) is 37.5 Å². The number of amides is 3. The highest BCUT2D eigenvalue weighted by atomic mass is 16.2. The Bertz CT molecular complexity index is 1290. The van der Waals surface area contributed by atoms with Gasteiger partial charge < -0.3 is 32.3 Å². The van der Waals surface area contributed by atoms with Crippen LogP contribution in [0, 0.1) is 11.8 Å². The Balaban J connectivity index is 1.47. The summed E-state index contributed by atoms with van der Waals surface area (Å²) in [7, 11) is 0. The normalized spacial score (nSPS) is 19.9. The molecule has 2 aliphatic rings. The van der Waals surface area contributed by atoms with E-state index < -0.39 is 30.0 Å². The lowest BCUT2D eigenvalue weighted by molar-refractivity contribution is -0.139. The van der Waals surface area contributed by atoms with Gasteiger partial charge in [0.25, 0.3) is 0 Å². The van der Waals surface area contributed by atoms with Gasteiger partial charge in [0.05, 0.1) is 12.1 Å². The van der Waals surface area contributed by atoms with Crippen LogP contribution in [0.4, 0.5) is 0 Å². The van der Waals surface area contributed by atoms with Gasteiger partial charge in [0.1, 0.15) is 6.04 Å². The Hall–Kier alpha value is -3.60. The molecule has 2 bridgehead atoms. The summed E-state index contributed by atoms with van der Waals surface area (Å²) in [5.74, 6) is -1.54. The number of unbranched alkanes of at least 4 members (excludes halogenated alkanes) is 1. The average molecular weight is 647 g/mol. The second kappa shape index (κ2) is 18.1. The topological polar surface area (TPSA) is 160 Å². The molecule has 0 aromatic heterocycles. The van der Waals surface area contributed by atoms with E-state index in [4.69, 9.17) is 11.5 Å². The maximum absolute atomic E-state index is 14.0. The first kappa shape index (κ1) is 36.2. The average Bonchev–Trinajstić information content (AvgIpc) is 3.40. The molecule has 10 nitrogen and oxygen atoms in total. The highest BCUT2D eigenvalue weighted by Crippen LogP contribution is 2.23. The number of carbonyl (C=O) groups is 4. The SMILES string of the molecule is CC(C)CC(CC(=O)C(Cc1ccccc1)NC(=O)C(N)Cc1ccccc1)C(=O)NC(CCCCN)C(=O)N1CC2CCC(C1)N2. The molecular weight excluding hydrogens is 592 g/mol. The second-order valence-electron chi connectivity index (χ2n) is 13.8. The first-order valence-electron chi connectivity index (χ1n) is 17.3. The third-order valence-corrected chi connectivity index (χ3v) is 9.29. The standard InChI is InChI=1S/C37H54N6O4/c1-25(2)19-28(35(45)41-32(15-9-10-18-38)37(47)43-23-29-16-17-30(24-43)40-29)22-34(44)33(21-27-13-7-4-8-14-27)42-36(46)31(39)20-26-11-5-3-6-12-26/h3-8,11-14,25,28-33,40H,9-10,15-24,38-39H2,1-2H3,(H,41,45)(H,42,46). The van der Waals surface area contributed by atoms with Crippen LogP contribution < -0.4 is 27.4 Å². The number of piperazine rings is 1. The molecule has 2 fully saturated rings. The number of nitrogens with two attached hydrogens (primary N) is 2. The Labute approximate surface area is 279 Å². The van der Waals surface area contributed by atoms with Crippen LogP contribution in [-0.4, -0.2) is 78.2 Å². The zero-order chi connectivity index (χ0) is 33.8. The maximum atomic E-state index is 14.0. The van der Waals surface area contributed by atoms with Gasteiger partial charge in [-0.25, -0.2) is 0 Å². The number of ketones is 1. The van der Waals surface area contributed by atoms with Crippen molar-refractivity contribution in [2.75, 3.05) is 19.6 Å². The van der Waals surface area contributed by atoms with E-state index in [9.17, 15) is 19.2 Å². The van der Waals surface area contributed by atoms with Crippen LogP contribution in [0.3, 0.4) is 0 Å². The van der Waals surface area contributed by atoms with Crippen molar-refractivity contribution in [1.82, 2.24) is 20.9 Å². The van der Waals surface area contributed by atoms with E-state index in [1.165, 1.54) is 0 Å². The van der Waals surface area contributed by atoms with Crippen molar-refractivity contribution in [3.63, 3.8) is 0 Å². The van der Waals surface area contributed by atoms with Crippen molar-refractivity contribution in [2.24, 2.45) is 23.3 Å². The maximum Gasteiger partial charge on any atom is 0.245 e. The van der Waals surface area contributed by atoms with Gasteiger partial charge in [-0.15, -0.1) is 0 Å². The van der Waals surface area contributed by atoms with Gasteiger partial charge in [0.15, 0.2) is 5.78 Å². The van der Waals surface area contributed by atoms with E-state index in [0.717, 1.165) is 30.4 Å². The van der Waals surface area contributed by atoms with Crippen LogP contribution >= 0.6 is 0 Å². The lowest BCUT2D eigenvalue weighted by Gasteiger charge is -2.35. The summed E-state index contributed by atoms with van der Waals surface area (Å²) in [5.41, 5.74) is 13.9. The minimum atomic E-state index is -0.854. The molecule has 10 heteroatoms. The summed E-state index contributed by atoms with van der Waals surface area (Å²) in [5, 5.41) is 9.52. The summed E-state index contributed by atoms with van der Waals surface area (Å²) >= 11 is 0. The number of fused-ring (bicyclic) bond motifs is 2. The van der Waals surface area contributed by atoms with E-state index in [-0.39, 0.29) is 36.4 Å². The number of likely N-dealkylation sites (tertiary alicyclic amines) is 1. The first-order valence-corrected chi connectivity index (χ1v) is 17.3. The number of hydrogen-bond donors (Lipinski definition) is 5. The smallest absolute Gasteiger partial charge is 0.245 e. The minimum Gasteiger partial charge on any atom is -0.345 e. The van der Waals surface area contributed by atoms with Crippen molar-refractivity contribution in [3.8, 4) is 0 Å². The van der Waals surface area contributed by atoms with Crippen LogP contribution in [0.25, 0.3) is 0 Å². The molecule has 2 aromatic carbocycles. The molecule has 6 atom stereocenters. The zero-order valence-corrected chi connectivity index (χ0v) is 28.0. The molecular formula is C37H54N6O4. The Kier molecular flexibility index (Phi) is 13.9. The third kappa shape index (κ3) is 11.3. The fourth-order valence-corrected chi connectivity index (χ4v) is 6.81. The molecule has 256 valence electrons. The number of hydrogen-bond acceptors (Lipinski definition) is 7. The molecule has 0 radical (unpaired) electrons. The Morgan fingerprint density at radius 3 is 1.98 bits per heavy atom. The van der Waals surface area contributed by atoms with Crippen molar-refractivity contribution < 1.29 is 19.2 Å². The largest absolute Gasteiger partial charge is 0.345 e. The van der Waals surface area contributed by atoms with E-state index >= 15 is 0 Å². The van der Waals surface area contributed by atoms with Crippen LogP contribution in [0.15, 0.2) is 60.7 Å². The second-order valence-corrected chi connectivity index (χ2v) is 13.8. The predicted octanol–water partition coefficient (Wildman–Crippen LogP) is 2.48. The molecule has 2 saturated heterocycles. The molecule has 2 heterocycles. The lowest BCUT2D eigenvalue weighted by atomic mass is 9.88. The van der Waals surface area contributed by atoms with E-state index in [2.05, 4.69) is 16.0 Å². The Morgan fingerprint density at radius 2 is 1.40 bits per heavy atom. The number of nitrogens with zero attached hydrogens (tertiary/aromatic N) is 1. The molecule has 0 saturated carbocycles. The van der Waals surface area contributed by atoms with Gasteiger partial charge in [-0.1, -0.05) is 74.5 Å². The third-order valence-electron chi connectivity index (χ3n) is 9.29. The quantitative estimate of drug-likeness (QED) is 0.156. The minimum absolute atomic E-state index is 0.0583. The zero-order valence-electron chi connectivity index (χ0n) is 28.0. The summed E-state index contributed by atoms with van der Waals surface area (Å²) in [6.07, 6.45) is 5.10. The van der Waals surface area contributed by atoms with Gasteiger partial charge in [0.2, 0.25) is 17.7 Å². The highest BCUT2D eigenvalue weighted by Gasteiger charge is 2.38. The monoisotopic (exact) mass is 646 g/mol. The van der Waals surface area contributed by atoms with Gasteiger partial charge in [-0.2, -0.15) is 0 Å². The molecule has 7 N–H and O–H groups in total. The molecule has 2 aliphatic heterocycles. The van der Waals surface area contributed by atoms with E-state index in [0.29, 0.717) is 57.4 Å². The van der Waals surface area contributed by atoms with Gasteiger partial charge >= 0.3 is 0 Å². The van der Waals surface area contributed by atoms with E-state index in [1.54, 1.807) is 0 Å². The van der Waals surface area contributed by atoms with Crippen molar-refractivity contribution in [3.05, 3.63) is 71.8 Å². The van der Waals surface area contributed by atoms with Crippen LogP contribution in [-0.2, 0) is 32.0 Å². The molecule has 0 spiro atoms. The fourth-order valence-electron chi connectivity index (χ4n) is 6.81. The van der Waals surface area contributed by atoms with Gasteiger partial charge in [-0.3, -0.25) is 19.2 Å². The predicted molar refractivity (Wildman–Crippen MR) is 184 cm³/mol. The van der Waals surface area contributed by atoms with Crippen LogP contribution in [0.1, 0.15) is 69.9 Å². The number of benzene rings is 2. The van der Waals surface area contributed by atoms with Crippen molar-refractivity contribution in [2.45, 2.75) is 102 Å². The first-order chi connectivity index (χ1) is 22.6. The summed E-state index contributed by atoms with van der Waals surface area (Å²) < 4.78 is 0. The number of Topliss-reactive ketones (excluding diaryl/α,β-unsaturated/α-hetero) is 1. The molecule has 6 unspecified atom stereocenters. The number of nitrogens with one attached hydrogen (secondary N) is 3. The highest BCUT2D eigenvalue weighted by molar-refractivity contribution is 5.95. The van der Waals surface area contributed by atoms with Crippen LogP contribution in [0.5, 0.6) is 0 Å². The molecule has 3 amide bonds. The number of rotatable bonds is 18. The summed E-state index contributed by atoms with van der Waals surface area (Å²) in [6, 6.07) is 17.2. The summed E-state index contributed by atoms with van der Waals surface area (Å²) in [6.45, 7) is 5.81. The number of carbonyl (C=O) groups excluding carboxylic acids is 4.